The molecule has 4 nitrogen and oxygen atoms in total. The Balaban J connectivity index is 1.53. The fraction of sp³-hybridized carbons (Fsp3) is 0.176. The lowest BCUT2D eigenvalue weighted by atomic mass is 10.3. The summed E-state index contributed by atoms with van der Waals surface area (Å²) in [5.74, 6) is 0.607. The highest BCUT2D eigenvalue weighted by Crippen LogP contribution is 2.30. The first kappa shape index (κ1) is 17.0. The number of ether oxygens (including phenoxy) is 1. The van der Waals surface area contributed by atoms with Crippen LogP contribution in [-0.4, -0.2) is 24.0 Å². The molecule has 1 aromatic carbocycles. The number of rotatable bonds is 6. The van der Waals surface area contributed by atoms with Crippen molar-refractivity contribution in [3.63, 3.8) is 0 Å². The van der Waals surface area contributed by atoms with Crippen LogP contribution in [0, 0.1) is 6.92 Å². The van der Waals surface area contributed by atoms with Crippen molar-refractivity contribution in [1.29, 1.82) is 0 Å². The number of hydrogen-bond donors (Lipinski definition) is 1. The van der Waals surface area contributed by atoms with E-state index in [4.69, 9.17) is 16.3 Å². The predicted octanol–water partition coefficient (Wildman–Crippen LogP) is 4.64. The van der Waals surface area contributed by atoms with Gasteiger partial charge in [-0.3, -0.25) is 4.79 Å². The van der Waals surface area contributed by atoms with Crippen LogP contribution in [0.25, 0.3) is 9.88 Å². The number of thiophene rings is 1. The summed E-state index contributed by atoms with van der Waals surface area (Å²) in [4.78, 5) is 18.5. The Bertz CT molecular complexity index is 814. The van der Waals surface area contributed by atoms with Crippen LogP contribution in [0.4, 0.5) is 0 Å². The van der Waals surface area contributed by atoms with Crippen LogP contribution in [0.1, 0.15) is 15.4 Å². The van der Waals surface area contributed by atoms with E-state index < -0.39 is 0 Å². The first-order valence-electron chi connectivity index (χ1n) is 7.31. The molecule has 0 bridgehead atoms. The summed E-state index contributed by atoms with van der Waals surface area (Å²) in [7, 11) is 0. The molecule has 0 saturated heterocycles. The molecule has 0 aliphatic rings. The smallest absolute Gasteiger partial charge is 0.263 e. The standard InChI is InChI=1S/C17H15ClN2O2S2/c1-11-15(24-17(20-11)14-3-2-10-23-14)16(21)19-8-9-22-13-6-4-12(18)5-7-13/h2-7,10H,8-9H2,1H3,(H,19,21). The maximum atomic E-state index is 12.3. The van der Waals surface area contributed by atoms with Gasteiger partial charge in [0.2, 0.25) is 0 Å². The molecule has 0 spiro atoms. The van der Waals surface area contributed by atoms with Crippen molar-refractivity contribution in [3.8, 4) is 15.6 Å². The molecule has 3 rings (SSSR count). The SMILES string of the molecule is Cc1nc(-c2cccs2)sc1C(=O)NCCOc1ccc(Cl)cc1. The summed E-state index contributed by atoms with van der Waals surface area (Å²) >= 11 is 8.85. The first-order chi connectivity index (χ1) is 11.6. The van der Waals surface area contributed by atoms with Crippen molar-refractivity contribution in [2.45, 2.75) is 6.92 Å². The molecule has 124 valence electrons. The molecule has 1 amide bonds. The summed E-state index contributed by atoms with van der Waals surface area (Å²) in [6.45, 7) is 2.67. The zero-order chi connectivity index (χ0) is 16.9. The Kier molecular flexibility index (Phi) is 5.50. The molecular formula is C17H15ClN2O2S2. The van der Waals surface area contributed by atoms with E-state index in [1.165, 1.54) is 11.3 Å². The molecule has 24 heavy (non-hydrogen) atoms. The molecule has 0 fully saturated rings. The number of hydrogen-bond acceptors (Lipinski definition) is 5. The predicted molar refractivity (Wildman–Crippen MR) is 99.4 cm³/mol. The van der Waals surface area contributed by atoms with Crippen LogP contribution in [0.5, 0.6) is 5.75 Å². The minimum absolute atomic E-state index is 0.118. The van der Waals surface area contributed by atoms with Gasteiger partial charge in [0.15, 0.2) is 0 Å². The maximum Gasteiger partial charge on any atom is 0.263 e. The number of aromatic nitrogens is 1. The molecule has 0 atom stereocenters. The van der Waals surface area contributed by atoms with Crippen molar-refractivity contribution in [3.05, 3.63) is 57.4 Å². The summed E-state index contributed by atoms with van der Waals surface area (Å²) in [5.41, 5.74) is 0.750. The third kappa shape index (κ3) is 4.14. The minimum Gasteiger partial charge on any atom is -0.492 e. The Morgan fingerprint density at radius 2 is 2.08 bits per heavy atom. The molecule has 7 heteroatoms. The van der Waals surface area contributed by atoms with E-state index in [1.807, 2.05) is 24.4 Å². The number of nitrogens with zero attached hydrogens (tertiary/aromatic N) is 1. The van der Waals surface area contributed by atoms with Crippen molar-refractivity contribution >= 4 is 40.2 Å². The highest BCUT2D eigenvalue weighted by molar-refractivity contribution is 7.22. The number of halogens is 1. The quantitative estimate of drug-likeness (QED) is 0.635. The zero-order valence-corrected chi connectivity index (χ0v) is 15.3. The highest BCUT2D eigenvalue weighted by Gasteiger charge is 2.16. The number of carbonyl (C=O) groups excluding carboxylic acids is 1. The van der Waals surface area contributed by atoms with Gasteiger partial charge in [0.05, 0.1) is 17.1 Å². The third-order valence-corrected chi connectivity index (χ3v) is 5.65. The summed E-state index contributed by atoms with van der Waals surface area (Å²) in [5, 5.41) is 6.41. The number of nitrogens with one attached hydrogen (secondary N) is 1. The summed E-state index contributed by atoms with van der Waals surface area (Å²) in [6, 6.07) is 11.1. The first-order valence-corrected chi connectivity index (χ1v) is 9.39. The molecule has 3 aromatic rings. The van der Waals surface area contributed by atoms with Crippen molar-refractivity contribution in [1.82, 2.24) is 10.3 Å². The van der Waals surface area contributed by atoms with Gasteiger partial charge in [-0.25, -0.2) is 4.98 Å². The topological polar surface area (TPSA) is 51.2 Å². The molecule has 1 N–H and O–H groups in total. The number of thiazole rings is 1. The minimum atomic E-state index is -0.118. The molecule has 0 saturated carbocycles. The molecule has 2 aromatic heterocycles. The number of carbonyl (C=O) groups is 1. The summed E-state index contributed by atoms with van der Waals surface area (Å²) < 4.78 is 5.56. The Morgan fingerprint density at radius 1 is 1.29 bits per heavy atom. The Hall–Kier alpha value is -1.89. The van der Waals surface area contributed by atoms with E-state index in [2.05, 4.69) is 10.3 Å². The Morgan fingerprint density at radius 3 is 2.79 bits per heavy atom. The van der Waals surface area contributed by atoms with Crippen molar-refractivity contribution in [2.24, 2.45) is 0 Å². The van der Waals surface area contributed by atoms with Gasteiger partial charge in [-0.15, -0.1) is 22.7 Å². The second-order valence-electron chi connectivity index (χ2n) is 4.97. The molecular weight excluding hydrogens is 364 g/mol. The largest absolute Gasteiger partial charge is 0.492 e. The van der Waals surface area contributed by atoms with Gasteiger partial charge in [-0.2, -0.15) is 0 Å². The van der Waals surface area contributed by atoms with Gasteiger partial charge >= 0.3 is 0 Å². The lowest BCUT2D eigenvalue weighted by Gasteiger charge is -2.07. The van der Waals surface area contributed by atoms with E-state index in [9.17, 15) is 4.79 Å². The normalized spacial score (nSPS) is 10.6. The van der Waals surface area contributed by atoms with Crippen LogP contribution in [0.2, 0.25) is 5.02 Å². The average molecular weight is 379 g/mol. The molecule has 0 aliphatic carbocycles. The van der Waals surface area contributed by atoms with E-state index in [0.29, 0.717) is 23.1 Å². The van der Waals surface area contributed by atoms with E-state index in [1.54, 1.807) is 35.6 Å². The van der Waals surface area contributed by atoms with Gasteiger partial charge < -0.3 is 10.1 Å². The highest BCUT2D eigenvalue weighted by atomic mass is 35.5. The number of benzene rings is 1. The van der Waals surface area contributed by atoms with Crippen LogP contribution in [-0.2, 0) is 0 Å². The van der Waals surface area contributed by atoms with Gasteiger partial charge in [-0.05, 0) is 42.6 Å². The van der Waals surface area contributed by atoms with Gasteiger partial charge in [0.1, 0.15) is 22.2 Å². The van der Waals surface area contributed by atoms with E-state index in [-0.39, 0.29) is 5.91 Å². The van der Waals surface area contributed by atoms with Crippen molar-refractivity contribution in [2.75, 3.05) is 13.2 Å². The van der Waals surface area contributed by atoms with Gasteiger partial charge in [-0.1, -0.05) is 17.7 Å². The molecule has 2 heterocycles. The van der Waals surface area contributed by atoms with E-state index >= 15 is 0 Å². The van der Waals surface area contributed by atoms with Gasteiger partial charge in [0, 0.05) is 5.02 Å². The second-order valence-corrected chi connectivity index (χ2v) is 7.35. The molecule has 0 unspecified atom stereocenters. The fourth-order valence-electron chi connectivity index (χ4n) is 2.06. The second kappa shape index (κ2) is 7.79. The number of aryl methyl sites for hydroxylation is 1. The average Bonchev–Trinajstić information content (AvgIpc) is 3.22. The lowest BCUT2D eigenvalue weighted by Crippen LogP contribution is -2.27. The maximum absolute atomic E-state index is 12.3. The zero-order valence-electron chi connectivity index (χ0n) is 12.9. The van der Waals surface area contributed by atoms with Gasteiger partial charge in [0.25, 0.3) is 5.91 Å². The molecule has 0 radical (unpaired) electrons. The van der Waals surface area contributed by atoms with Crippen LogP contribution >= 0.6 is 34.3 Å². The van der Waals surface area contributed by atoms with Crippen molar-refractivity contribution < 1.29 is 9.53 Å². The van der Waals surface area contributed by atoms with Crippen LogP contribution < -0.4 is 10.1 Å². The Labute approximate surface area is 153 Å². The van der Waals surface area contributed by atoms with Crippen LogP contribution in [0.15, 0.2) is 41.8 Å². The lowest BCUT2D eigenvalue weighted by molar-refractivity contribution is 0.0950. The van der Waals surface area contributed by atoms with Crippen LogP contribution in [0.3, 0.4) is 0 Å². The third-order valence-electron chi connectivity index (χ3n) is 3.20. The summed E-state index contributed by atoms with van der Waals surface area (Å²) in [6.07, 6.45) is 0. The number of amides is 1. The van der Waals surface area contributed by atoms with E-state index in [0.717, 1.165) is 21.3 Å². The molecule has 0 aliphatic heterocycles. The fourth-order valence-corrected chi connectivity index (χ4v) is 3.96. The monoisotopic (exact) mass is 378 g/mol.